The van der Waals surface area contributed by atoms with Crippen molar-refractivity contribution >= 4 is 22.4 Å². The second-order valence-electron chi connectivity index (χ2n) is 5.12. The van der Waals surface area contributed by atoms with Crippen molar-refractivity contribution in [3.05, 3.63) is 71.5 Å². The van der Waals surface area contributed by atoms with Crippen LogP contribution in [0.1, 0.15) is 15.9 Å². The van der Waals surface area contributed by atoms with Crippen molar-refractivity contribution in [1.29, 1.82) is 5.26 Å². The average molecular weight is 320 g/mol. The molecule has 3 aromatic carbocycles. The third-order valence-corrected chi connectivity index (χ3v) is 3.69. The standard InChI is InChI=1S/C19H13FN2O2/c1-24-17-9-7-12-4-2-3-5-15(12)18(17)19(23)22-14-8-6-13(11-21)16(20)10-14/h2-10H,1H3,(H,22,23). The summed E-state index contributed by atoms with van der Waals surface area (Å²) in [6.45, 7) is 0. The van der Waals surface area contributed by atoms with E-state index in [-0.39, 0.29) is 11.3 Å². The number of anilines is 1. The number of benzene rings is 3. The summed E-state index contributed by atoms with van der Waals surface area (Å²) >= 11 is 0. The lowest BCUT2D eigenvalue weighted by molar-refractivity contribution is 0.102. The molecule has 0 saturated heterocycles. The van der Waals surface area contributed by atoms with Gasteiger partial charge in [-0.25, -0.2) is 4.39 Å². The molecule has 1 amide bonds. The molecule has 0 saturated carbocycles. The molecule has 24 heavy (non-hydrogen) atoms. The van der Waals surface area contributed by atoms with E-state index in [0.29, 0.717) is 11.3 Å². The van der Waals surface area contributed by atoms with Crippen LogP contribution in [0, 0.1) is 17.1 Å². The van der Waals surface area contributed by atoms with Gasteiger partial charge in [0.25, 0.3) is 5.91 Å². The molecule has 0 heterocycles. The van der Waals surface area contributed by atoms with Crippen LogP contribution in [0.2, 0.25) is 0 Å². The van der Waals surface area contributed by atoms with Gasteiger partial charge in [-0.05, 0) is 35.0 Å². The summed E-state index contributed by atoms with van der Waals surface area (Å²) in [6, 6.07) is 16.7. The van der Waals surface area contributed by atoms with Crippen LogP contribution in [0.15, 0.2) is 54.6 Å². The molecule has 0 atom stereocenters. The van der Waals surface area contributed by atoms with E-state index < -0.39 is 11.7 Å². The number of nitrogens with zero attached hydrogens (tertiary/aromatic N) is 1. The first kappa shape index (κ1) is 15.5. The minimum atomic E-state index is -0.680. The Morgan fingerprint density at radius 3 is 2.67 bits per heavy atom. The van der Waals surface area contributed by atoms with Gasteiger partial charge in [0.1, 0.15) is 17.6 Å². The summed E-state index contributed by atoms with van der Waals surface area (Å²) < 4.78 is 19.0. The number of ether oxygens (including phenoxy) is 1. The number of amides is 1. The second-order valence-corrected chi connectivity index (χ2v) is 5.12. The fourth-order valence-corrected chi connectivity index (χ4v) is 2.53. The predicted octanol–water partition coefficient (Wildman–Crippen LogP) is 4.11. The lowest BCUT2D eigenvalue weighted by Gasteiger charge is -2.12. The minimum Gasteiger partial charge on any atom is -0.496 e. The third-order valence-electron chi connectivity index (χ3n) is 3.69. The van der Waals surface area contributed by atoms with E-state index in [2.05, 4.69) is 5.32 Å². The Labute approximate surface area is 138 Å². The first-order valence-corrected chi connectivity index (χ1v) is 7.21. The Hall–Kier alpha value is -3.39. The number of carbonyl (C=O) groups is 1. The van der Waals surface area contributed by atoms with Gasteiger partial charge in [0.15, 0.2) is 0 Å². The molecular weight excluding hydrogens is 307 g/mol. The van der Waals surface area contributed by atoms with Gasteiger partial charge < -0.3 is 10.1 Å². The molecule has 0 radical (unpaired) electrons. The van der Waals surface area contributed by atoms with E-state index in [1.54, 1.807) is 12.1 Å². The molecule has 5 heteroatoms. The summed E-state index contributed by atoms with van der Waals surface area (Å²) in [5.74, 6) is -0.659. The predicted molar refractivity (Wildman–Crippen MR) is 89.6 cm³/mol. The van der Waals surface area contributed by atoms with Crippen LogP contribution in [0.3, 0.4) is 0 Å². The van der Waals surface area contributed by atoms with Gasteiger partial charge in [0.05, 0.1) is 18.2 Å². The highest BCUT2D eigenvalue weighted by Crippen LogP contribution is 2.29. The Morgan fingerprint density at radius 2 is 1.96 bits per heavy atom. The number of hydrogen-bond donors (Lipinski definition) is 1. The van der Waals surface area contributed by atoms with Gasteiger partial charge in [0, 0.05) is 5.69 Å². The van der Waals surface area contributed by atoms with Crippen molar-refractivity contribution in [3.8, 4) is 11.8 Å². The first-order chi connectivity index (χ1) is 11.6. The summed E-state index contributed by atoms with van der Waals surface area (Å²) in [7, 11) is 1.49. The van der Waals surface area contributed by atoms with Gasteiger partial charge >= 0.3 is 0 Å². The number of carbonyl (C=O) groups excluding carboxylic acids is 1. The molecule has 0 bridgehead atoms. The number of rotatable bonds is 3. The van der Waals surface area contributed by atoms with Crippen LogP contribution in [-0.4, -0.2) is 13.0 Å². The highest BCUT2D eigenvalue weighted by Gasteiger charge is 2.17. The molecule has 1 N–H and O–H groups in total. The molecule has 0 aromatic heterocycles. The van der Waals surface area contributed by atoms with Crippen LogP contribution in [0.4, 0.5) is 10.1 Å². The van der Waals surface area contributed by atoms with E-state index in [9.17, 15) is 9.18 Å². The first-order valence-electron chi connectivity index (χ1n) is 7.21. The zero-order valence-electron chi connectivity index (χ0n) is 12.8. The Balaban J connectivity index is 2.03. The Bertz CT molecular complexity index is 977. The van der Waals surface area contributed by atoms with Gasteiger partial charge in [-0.2, -0.15) is 5.26 Å². The molecule has 0 aliphatic rings. The number of fused-ring (bicyclic) bond motifs is 1. The van der Waals surface area contributed by atoms with Crippen LogP contribution < -0.4 is 10.1 Å². The van der Waals surface area contributed by atoms with E-state index in [0.717, 1.165) is 16.8 Å². The third kappa shape index (κ3) is 2.77. The molecule has 0 aliphatic carbocycles. The zero-order chi connectivity index (χ0) is 17.1. The lowest BCUT2D eigenvalue weighted by Crippen LogP contribution is -2.14. The highest BCUT2D eigenvalue weighted by atomic mass is 19.1. The largest absolute Gasteiger partial charge is 0.496 e. The Morgan fingerprint density at radius 1 is 1.17 bits per heavy atom. The summed E-state index contributed by atoms with van der Waals surface area (Å²) in [4.78, 5) is 12.7. The molecular formula is C19H13FN2O2. The van der Waals surface area contributed by atoms with Crippen molar-refractivity contribution in [2.24, 2.45) is 0 Å². The van der Waals surface area contributed by atoms with Gasteiger partial charge in [-0.1, -0.05) is 30.3 Å². The SMILES string of the molecule is COc1ccc2ccccc2c1C(=O)Nc1ccc(C#N)c(F)c1. The molecule has 3 aromatic rings. The molecule has 118 valence electrons. The maximum Gasteiger partial charge on any atom is 0.260 e. The minimum absolute atomic E-state index is 0.0734. The molecule has 0 fully saturated rings. The maximum atomic E-state index is 13.7. The van der Waals surface area contributed by atoms with Crippen molar-refractivity contribution in [2.75, 3.05) is 12.4 Å². The monoisotopic (exact) mass is 320 g/mol. The molecule has 0 unspecified atom stereocenters. The number of methoxy groups -OCH3 is 1. The van der Waals surface area contributed by atoms with Crippen LogP contribution in [0.5, 0.6) is 5.75 Å². The van der Waals surface area contributed by atoms with Crippen molar-refractivity contribution in [3.63, 3.8) is 0 Å². The maximum absolute atomic E-state index is 13.7. The van der Waals surface area contributed by atoms with Crippen LogP contribution >= 0.6 is 0 Å². The van der Waals surface area contributed by atoms with E-state index in [1.807, 2.05) is 30.3 Å². The lowest BCUT2D eigenvalue weighted by atomic mass is 10.0. The number of nitriles is 1. The van der Waals surface area contributed by atoms with Gasteiger partial charge in [0.2, 0.25) is 0 Å². The number of hydrogen-bond acceptors (Lipinski definition) is 3. The molecule has 4 nitrogen and oxygen atoms in total. The van der Waals surface area contributed by atoms with E-state index >= 15 is 0 Å². The second kappa shape index (κ2) is 6.39. The van der Waals surface area contributed by atoms with Gasteiger partial charge in [-0.3, -0.25) is 4.79 Å². The summed E-state index contributed by atoms with van der Waals surface area (Å²) in [5, 5.41) is 13.0. The quantitative estimate of drug-likeness (QED) is 0.790. The van der Waals surface area contributed by atoms with Gasteiger partial charge in [-0.15, -0.1) is 0 Å². The van der Waals surface area contributed by atoms with Crippen molar-refractivity contribution in [2.45, 2.75) is 0 Å². The smallest absolute Gasteiger partial charge is 0.260 e. The fraction of sp³-hybridized carbons (Fsp3) is 0.0526. The summed E-state index contributed by atoms with van der Waals surface area (Å²) in [6.07, 6.45) is 0. The highest BCUT2D eigenvalue weighted by molar-refractivity contribution is 6.15. The molecule has 0 spiro atoms. The van der Waals surface area contributed by atoms with Crippen LogP contribution in [0.25, 0.3) is 10.8 Å². The number of halogens is 1. The Kier molecular flexibility index (Phi) is 4.13. The normalized spacial score (nSPS) is 10.2. The topological polar surface area (TPSA) is 62.1 Å². The van der Waals surface area contributed by atoms with E-state index in [4.69, 9.17) is 10.00 Å². The number of nitrogens with one attached hydrogen (secondary N) is 1. The van der Waals surface area contributed by atoms with E-state index in [1.165, 1.54) is 19.2 Å². The molecule has 0 aliphatic heterocycles. The summed E-state index contributed by atoms with van der Waals surface area (Å²) in [5.41, 5.74) is 0.572. The fourth-order valence-electron chi connectivity index (χ4n) is 2.53. The average Bonchev–Trinajstić information content (AvgIpc) is 2.60. The zero-order valence-corrected chi connectivity index (χ0v) is 12.8. The van der Waals surface area contributed by atoms with Crippen molar-refractivity contribution < 1.29 is 13.9 Å². The molecule has 3 rings (SSSR count). The van der Waals surface area contributed by atoms with Crippen LogP contribution in [-0.2, 0) is 0 Å². The van der Waals surface area contributed by atoms with Crippen molar-refractivity contribution in [1.82, 2.24) is 0 Å².